The Labute approximate surface area is 144 Å². The quantitative estimate of drug-likeness (QED) is 0.632. The van der Waals surface area contributed by atoms with E-state index in [9.17, 15) is 0 Å². The number of morpholine rings is 1. The molecule has 2 aliphatic rings. The van der Waals surface area contributed by atoms with Crippen LogP contribution < -0.4 is 15.8 Å². The highest BCUT2D eigenvalue weighted by molar-refractivity contribution is 5.78. The second-order valence-corrected chi connectivity index (χ2v) is 6.34. The van der Waals surface area contributed by atoms with Gasteiger partial charge in [0.15, 0.2) is 5.96 Å². The molecule has 132 valence electrons. The van der Waals surface area contributed by atoms with Crippen molar-refractivity contribution in [3.63, 3.8) is 0 Å². The summed E-state index contributed by atoms with van der Waals surface area (Å²) in [4.78, 5) is 6.90. The van der Waals surface area contributed by atoms with E-state index in [0.717, 1.165) is 50.4 Å². The third kappa shape index (κ3) is 4.39. The van der Waals surface area contributed by atoms with Crippen molar-refractivity contribution in [3.8, 4) is 5.75 Å². The minimum atomic E-state index is 0.173. The van der Waals surface area contributed by atoms with Crippen molar-refractivity contribution in [3.05, 3.63) is 29.8 Å². The molecule has 6 heteroatoms. The molecule has 3 rings (SSSR count). The average molecular weight is 332 g/mol. The number of guanidine groups is 1. The van der Waals surface area contributed by atoms with E-state index in [4.69, 9.17) is 15.2 Å². The molecular weight excluding hydrogens is 304 g/mol. The van der Waals surface area contributed by atoms with Gasteiger partial charge in [0.2, 0.25) is 0 Å². The summed E-state index contributed by atoms with van der Waals surface area (Å²) >= 11 is 0. The van der Waals surface area contributed by atoms with Crippen molar-refractivity contribution in [1.82, 2.24) is 10.2 Å². The molecule has 0 aromatic heterocycles. The third-order valence-corrected chi connectivity index (χ3v) is 4.66. The molecule has 1 saturated heterocycles. The predicted molar refractivity (Wildman–Crippen MR) is 95.4 cm³/mol. The Morgan fingerprint density at radius 3 is 3.12 bits per heavy atom. The number of nitrogens with two attached hydrogens (primary N) is 1. The average Bonchev–Trinajstić information content (AvgIpc) is 2.62. The van der Waals surface area contributed by atoms with E-state index in [2.05, 4.69) is 28.2 Å². The number of para-hydroxylation sites is 1. The number of hydrogen-bond acceptors (Lipinski definition) is 4. The van der Waals surface area contributed by atoms with E-state index < -0.39 is 0 Å². The van der Waals surface area contributed by atoms with Crippen LogP contribution in [0.2, 0.25) is 0 Å². The van der Waals surface area contributed by atoms with Gasteiger partial charge < -0.3 is 20.5 Å². The van der Waals surface area contributed by atoms with Crippen molar-refractivity contribution in [1.29, 1.82) is 0 Å². The van der Waals surface area contributed by atoms with Crippen LogP contribution in [0.15, 0.2) is 29.3 Å². The molecule has 0 saturated carbocycles. The molecular formula is C18H28N4O2. The van der Waals surface area contributed by atoms with Crippen LogP contribution >= 0.6 is 0 Å². The van der Waals surface area contributed by atoms with Crippen molar-refractivity contribution >= 4 is 5.96 Å². The van der Waals surface area contributed by atoms with Gasteiger partial charge >= 0.3 is 0 Å². The molecule has 3 N–H and O–H groups in total. The zero-order valence-electron chi connectivity index (χ0n) is 14.4. The van der Waals surface area contributed by atoms with Gasteiger partial charge in [-0.2, -0.15) is 0 Å². The molecule has 0 bridgehead atoms. The van der Waals surface area contributed by atoms with Crippen LogP contribution in [0.3, 0.4) is 0 Å². The molecule has 2 heterocycles. The first-order valence-corrected chi connectivity index (χ1v) is 8.88. The number of nitrogens with one attached hydrogen (secondary N) is 1. The van der Waals surface area contributed by atoms with Gasteiger partial charge in [-0.15, -0.1) is 0 Å². The lowest BCUT2D eigenvalue weighted by Crippen LogP contribution is -2.43. The lowest BCUT2D eigenvalue weighted by Gasteiger charge is -2.32. The van der Waals surface area contributed by atoms with Gasteiger partial charge in [-0.3, -0.25) is 9.89 Å². The van der Waals surface area contributed by atoms with Crippen LogP contribution in [0.4, 0.5) is 0 Å². The largest absolute Gasteiger partial charge is 0.493 e. The summed E-state index contributed by atoms with van der Waals surface area (Å²) in [5, 5.41) is 3.34. The number of nitrogens with zero attached hydrogens (tertiary/aromatic N) is 2. The monoisotopic (exact) mass is 332 g/mol. The molecule has 1 fully saturated rings. The lowest BCUT2D eigenvalue weighted by molar-refractivity contribution is -0.0284. The Kier molecular flexibility index (Phi) is 5.93. The molecule has 24 heavy (non-hydrogen) atoms. The fraction of sp³-hybridized carbons (Fsp3) is 0.611. The molecule has 6 nitrogen and oxygen atoms in total. The minimum absolute atomic E-state index is 0.173. The molecule has 2 unspecified atom stereocenters. The smallest absolute Gasteiger partial charge is 0.189 e. The molecule has 0 aliphatic carbocycles. The van der Waals surface area contributed by atoms with Crippen LogP contribution in [-0.4, -0.2) is 56.4 Å². The molecule has 2 aliphatic heterocycles. The lowest BCUT2D eigenvalue weighted by atomic mass is 10.0. The summed E-state index contributed by atoms with van der Waals surface area (Å²) in [5.74, 6) is 1.45. The van der Waals surface area contributed by atoms with Gasteiger partial charge in [0.25, 0.3) is 0 Å². The molecule has 0 radical (unpaired) electrons. The highest BCUT2D eigenvalue weighted by Crippen LogP contribution is 2.31. The van der Waals surface area contributed by atoms with Crippen LogP contribution in [0.1, 0.15) is 31.4 Å². The van der Waals surface area contributed by atoms with Gasteiger partial charge in [0.05, 0.1) is 31.9 Å². The van der Waals surface area contributed by atoms with Crippen LogP contribution in [-0.2, 0) is 4.74 Å². The first-order chi connectivity index (χ1) is 11.8. The third-order valence-electron chi connectivity index (χ3n) is 4.66. The standard InChI is InChI=1S/C18H28N4O2/c1-2-14-13-22(10-12-23-14)9-8-20-18(19)21-16-7-11-24-17-6-4-3-5-15(16)17/h3-6,14,16H,2,7-13H2,1H3,(H3,19,20,21). The fourth-order valence-electron chi connectivity index (χ4n) is 3.26. The number of hydrogen-bond donors (Lipinski definition) is 2. The van der Waals surface area contributed by atoms with Crippen molar-refractivity contribution in [2.75, 3.05) is 39.4 Å². The van der Waals surface area contributed by atoms with E-state index in [0.29, 0.717) is 25.2 Å². The maximum atomic E-state index is 6.09. The Hall–Kier alpha value is -1.79. The maximum Gasteiger partial charge on any atom is 0.189 e. The number of fused-ring (bicyclic) bond motifs is 1. The van der Waals surface area contributed by atoms with E-state index in [1.165, 1.54) is 0 Å². The van der Waals surface area contributed by atoms with E-state index in [1.54, 1.807) is 0 Å². The molecule has 0 spiro atoms. The van der Waals surface area contributed by atoms with Crippen molar-refractivity contribution < 1.29 is 9.47 Å². The minimum Gasteiger partial charge on any atom is -0.493 e. The van der Waals surface area contributed by atoms with E-state index in [-0.39, 0.29) is 6.04 Å². The van der Waals surface area contributed by atoms with Crippen molar-refractivity contribution in [2.45, 2.75) is 31.9 Å². The fourth-order valence-corrected chi connectivity index (χ4v) is 3.26. The normalized spacial score (nSPS) is 25.0. The van der Waals surface area contributed by atoms with Gasteiger partial charge in [-0.1, -0.05) is 25.1 Å². The second-order valence-electron chi connectivity index (χ2n) is 6.34. The first kappa shape index (κ1) is 17.0. The summed E-state index contributed by atoms with van der Waals surface area (Å²) in [6.07, 6.45) is 2.32. The van der Waals surface area contributed by atoms with Crippen LogP contribution in [0, 0.1) is 0 Å². The van der Waals surface area contributed by atoms with E-state index >= 15 is 0 Å². The topological polar surface area (TPSA) is 72.1 Å². The summed E-state index contributed by atoms with van der Waals surface area (Å²) in [7, 11) is 0. The van der Waals surface area contributed by atoms with Gasteiger partial charge in [-0.05, 0) is 12.5 Å². The first-order valence-electron chi connectivity index (χ1n) is 8.88. The van der Waals surface area contributed by atoms with Crippen LogP contribution in [0.25, 0.3) is 0 Å². The SMILES string of the molecule is CCC1CN(CCN=C(N)NC2CCOc3ccccc32)CCO1. The molecule has 1 aromatic rings. The molecule has 1 aromatic carbocycles. The Bertz CT molecular complexity index is 564. The summed E-state index contributed by atoms with van der Waals surface area (Å²) in [5.41, 5.74) is 7.24. The number of benzene rings is 1. The Morgan fingerprint density at radius 1 is 1.38 bits per heavy atom. The second kappa shape index (κ2) is 8.35. The Balaban J connectivity index is 1.48. The number of aliphatic imine (C=N–C) groups is 1. The van der Waals surface area contributed by atoms with Crippen molar-refractivity contribution in [2.24, 2.45) is 10.7 Å². The zero-order valence-corrected chi connectivity index (χ0v) is 14.4. The van der Waals surface area contributed by atoms with Crippen LogP contribution in [0.5, 0.6) is 5.75 Å². The predicted octanol–water partition coefficient (Wildman–Crippen LogP) is 1.53. The Morgan fingerprint density at radius 2 is 2.25 bits per heavy atom. The summed E-state index contributed by atoms with van der Waals surface area (Å²) in [6, 6.07) is 8.27. The van der Waals surface area contributed by atoms with Gasteiger partial charge in [0, 0.05) is 31.6 Å². The van der Waals surface area contributed by atoms with Gasteiger partial charge in [-0.25, -0.2) is 0 Å². The highest BCUT2D eigenvalue weighted by atomic mass is 16.5. The maximum absolute atomic E-state index is 6.09. The van der Waals surface area contributed by atoms with Gasteiger partial charge in [0.1, 0.15) is 5.75 Å². The molecule has 2 atom stereocenters. The molecule has 0 amide bonds. The summed E-state index contributed by atoms with van der Waals surface area (Å²) < 4.78 is 11.4. The number of rotatable bonds is 5. The summed E-state index contributed by atoms with van der Waals surface area (Å²) in [6.45, 7) is 7.29. The van der Waals surface area contributed by atoms with E-state index in [1.807, 2.05) is 18.2 Å². The number of ether oxygens (including phenoxy) is 2. The highest BCUT2D eigenvalue weighted by Gasteiger charge is 2.21. The zero-order chi connectivity index (χ0) is 16.8.